The second-order valence-corrected chi connectivity index (χ2v) is 5.44. The molecule has 7 nitrogen and oxygen atoms in total. The van der Waals surface area contributed by atoms with Gasteiger partial charge in [-0.2, -0.15) is 10.1 Å². The van der Waals surface area contributed by atoms with Crippen LogP contribution in [0.2, 0.25) is 0 Å². The minimum Gasteiger partial charge on any atom is -0.381 e. The van der Waals surface area contributed by atoms with Crippen LogP contribution in [0.3, 0.4) is 0 Å². The van der Waals surface area contributed by atoms with Gasteiger partial charge in [0.15, 0.2) is 5.82 Å². The van der Waals surface area contributed by atoms with Crippen molar-refractivity contribution in [2.45, 2.75) is 24.9 Å². The molecule has 0 radical (unpaired) electrons. The van der Waals surface area contributed by atoms with E-state index in [1.165, 1.54) is 0 Å². The van der Waals surface area contributed by atoms with Crippen LogP contribution in [0.4, 0.5) is 0 Å². The predicted octanol–water partition coefficient (Wildman–Crippen LogP) is 0.827. The number of hydrogen-bond acceptors (Lipinski definition) is 6. The van der Waals surface area contributed by atoms with Gasteiger partial charge in [-0.05, 0) is 12.5 Å². The lowest BCUT2D eigenvalue weighted by atomic mass is 10.1. The van der Waals surface area contributed by atoms with Gasteiger partial charge in [0.1, 0.15) is 0 Å². The molecule has 0 amide bonds. The van der Waals surface area contributed by atoms with Crippen molar-refractivity contribution in [3.63, 3.8) is 0 Å². The molecule has 0 aliphatic carbocycles. The van der Waals surface area contributed by atoms with E-state index in [0.717, 1.165) is 44.4 Å². The first kappa shape index (κ1) is 12.0. The van der Waals surface area contributed by atoms with Crippen molar-refractivity contribution in [3.05, 3.63) is 30.2 Å². The minimum atomic E-state index is 0.282. The zero-order valence-corrected chi connectivity index (χ0v) is 11.2. The second kappa shape index (κ2) is 4.99. The largest absolute Gasteiger partial charge is 0.381 e. The number of hydrogen-bond donors (Lipinski definition) is 0. The van der Waals surface area contributed by atoms with Crippen LogP contribution in [0, 0.1) is 0 Å². The third-order valence-electron chi connectivity index (χ3n) is 3.96. The summed E-state index contributed by atoms with van der Waals surface area (Å²) in [5.41, 5.74) is 0. The first-order chi connectivity index (χ1) is 9.88. The van der Waals surface area contributed by atoms with Crippen LogP contribution in [0.5, 0.6) is 0 Å². The molecule has 2 aromatic rings. The average Bonchev–Trinajstić information content (AvgIpc) is 3.13. The Kier molecular flexibility index (Phi) is 3.00. The summed E-state index contributed by atoms with van der Waals surface area (Å²) in [5.74, 6) is 1.77. The fraction of sp³-hybridized carbons (Fsp3) is 0.615. The molecule has 7 heteroatoms. The fourth-order valence-electron chi connectivity index (χ4n) is 2.76. The molecule has 2 aliphatic heterocycles. The molecule has 20 heavy (non-hydrogen) atoms. The van der Waals surface area contributed by atoms with E-state index in [2.05, 4.69) is 20.1 Å². The molecule has 0 aromatic carbocycles. The minimum absolute atomic E-state index is 0.282. The molecule has 2 fully saturated rings. The molecule has 2 aliphatic rings. The van der Waals surface area contributed by atoms with E-state index in [-0.39, 0.29) is 5.92 Å². The monoisotopic (exact) mass is 275 g/mol. The smallest absolute Gasteiger partial charge is 0.232 e. The van der Waals surface area contributed by atoms with E-state index < -0.39 is 0 Å². The molecule has 106 valence electrons. The lowest BCUT2D eigenvalue weighted by Gasteiger charge is -2.38. The molecular weight excluding hydrogens is 258 g/mol. The van der Waals surface area contributed by atoms with Gasteiger partial charge in [-0.15, -0.1) is 0 Å². The van der Waals surface area contributed by atoms with Gasteiger partial charge in [-0.3, -0.25) is 9.58 Å². The maximum Gasteiger partial charge on any atom is 0.232 e. The van der Waals surface area contributed by atoms with Crippen molar-refractivity contribution >= 4 is 0 Å². The van der Waals surface area contributed by atoms with E-state index in [1.54, 1.807) is 0 Å². The Morgan fingerprint density at radius 1 is 1.35 bits per heavy atom. The third kappa shape index (κ3) is 2.23. The average molecular weight is 275 g/mol. The van der Waals surface area contributed by atoms with Gasteiger partial charge >= 0.3 is 0 Å². The van der Waals surface area contributed by atoms with Crippen LogP contribution >= 0.6 is 0 Å². The van der Waals surface area contributed by atoms with E-state index in [4.69, 9.17) is 9.26 Å². The Morgan fingerprint density at radius 2 is 2.30 bits per heavy atom. The first-order valence-electron chi connectivity index (χ1n) is 7.00. The number of likely N-dealkylation sites (tertiary alicyclic amines) is 1. The van der Waals surface area contributed by atoms with Crippen molar-refractivity contribution in [2.75, 3.05) is 26.3 Å². The standard InChI is InChI=1S/C13H17N5O2/c1-3-14-18(4-1)11-6-17(7-11)8-12-15-13(20-16-12)10-2-5-19-9-10/h1,3-4,10-11H,2,5-9H2. The maximum atomic E-state index is 5.34. The molecule has 2 aromatic heterocycles. The normalized spacial score (nSPS) is 24.1. The highest BCUT2D eigenvalue weighted by molar-refractivity contribution is 4.97. The van der Waals surface area contributed by atoms with Gasteiger partial charge in [0.2, 0.25) is 5.89 Å². The summed E-state index contributed by atoms with van der Waals surface area (Å²) in [6, 6.07) is 2.43. The number of nitrogens with zero attached hydrogens (tertiary/aromatic N) is 5. The Balaban J connectivity index is 1.32. The highest BCUT2D eigenvalue weighted by atomic mass is 16.5. The van der Waals surface area contributed by atoms with Gasteiger partial charge < -0.3 is 9.26 Å². The van der Waals surface area contributed by atoms with E-state index >= 15 is 0 Å². The summed E-state index contributed by atoms with van der Waals surface area (Å²) >= 11 is 0. The van der Waals surface area contributed by atoms with Crippen molar-refractivity contribution in [1.29, 1.82) is 0 Å². The zero-order valence-electron chi connectivity index (χ0n) is 11.2. The van der Waals surface area contributed by atoms with Gasteiger partial charge in [0.25, 0.3) is 0 Å². The van der Waals surface area contributed by atoms with Crippen molar-refractivity contribution in [1.82, 2.24) is 24.8 Å². The molecule has 1 atom stereocenters. The van der Waals surface area contributed by atoms with Crippen molar-refractivity contribution < 1.29 is 9.26 Å². The lowest BCUT2D eigenvalue weighted by Crippen LogP contribution is -2.47. The molecule has 2 saturated heterocycles. The topological polar surface area (TPSA) is 69.2 Å². The number of aromatic nitrogens is 4. The van der Waals surface area contributed by atoms with Gasteiger partial charge in [-0.1, -0.05) is 5.16 Å². The summed E-state index contributed by atoms with van der Waals surface area (Å²) in [6.07, 6.45) is 4.80. The molecule has 1 unspecified atom stereocenters. The Bertz CT molecular complexity index is 555. The summed E-state index contributed by atoms with van der Waals surface area (Å²) in [4.78, 5) is 6.78. The first-order valence-corrected chi connectivity index (χ1v) is 7.00. The predicted molar refractivity (Wildman–Crippen MR) is 69.0 cm³/mol. The summed E-state index contributed by atoms with van der Waals surface area (Å²) in [7, 11) is 0. The lowest BCUT2D eigenvalue weighted by molar-refractivity contribution is 0.0872. The Morgan fingerprint density at radius 3 is 3.05 bits per heavy atom. The molecule has 4 heterocycles. The fourth-order valence-corrected chi connectivity index (χ4v) is 2.76. The van der Waals surface area contributed by atoms with Crippen molar-refractivity contribution in [2.24, 2.45) is 0 Å². The number of rotatable bonds is 4. The summed E-state index contributed by atoms with van der Waals surface area (Å²) in [5, 5.41) is 8.33. The van der Waals surface area contributed by atoms with Crippen LogP contribution in [0.25, 0.3) is 0 Å². The van der Waals surface area contributed by atoms with Crippen LogP contribution in [-0.4, -0.2) is 51.1 Å². The van der Waals surface area contributed by atoms with E-state index in [0.29, 0.717) is 12.6 Å². The zero-order chi connectivity index (χ0) is 13.4. The quantitative estimate of drug-likeness (QED) is 0.823. The highest BCUT2D eigenvalue weighted by Crippen LogP contribution is 2.25. The third-order valence-corrected chi connectivity index (χ3v) is 3.96. The van der Waals surface area contributed by atoms with Gasteiger partial charge in [-0.25, -0.2) is 0 Å². The second-order valence-electron chi connectivity index (χ2n) is 5.44. The molecule has 4 rings (SSSR count). The summed E-state index contributed by atoms with van der Waals surface area (Å²) < 4.78 is 12.7. The molecule has 0 bridgehead atoms. The highest BCUT2D eigenvalue weighted by Gasteiger charge is 2.30. The van der Waals surface area contributed by atoms with Crippen molar-refractivity contribution in [3.8, 4) is 0 Å². The van der Waals surface area contributed by atoms with E-state index in [1.807, 2.05) is 23.1 Å². The van der Waals surface area contributed by atoms with Crippen LogP contribution in [0.15, 0.2) is 23.0 Å². The maximum absolute atomic E-state index is 5.34. The van der Waals surface area contributed by atoms with E-state index in [9.17, 15) is 0 Å². The SMILES string of the molecule is c1cnn(C2CN(Cc3noc(C4CCOC4)n3)C2)c1. The molecular formula is C13H17N5O2. The number of ether oxygens (including phenoxy) is 1. The van der Waals surface area contributed by atoms with Crippen LogP contribution in [0.1, 0.15) is 30.1 Å². The molecule has 0 saturated carbocycles. The Labute approximate surface area is 116 Å². The van der Waals surface area contributed by atoms with Crippen LogP contribution < -0.4 is 0 Å². The van der Waals surface area contributed by atoms with Crippen LogP contribution in [-0.2, 0) is 11.3 Å². The van der Waals surface area contributed by atoms with Gasteiger partial charge in [0.05, 0.1) is 25.1 Å². The Hall–Kier alpha value is -1.73. The molecule has 0 N–H and O–H groups in total. The summed E-state index contributed by atoms with van der Waals surface area (Å²) in [6.45, 7) is 4.21. The van der Waals surface area contributed by atoms with Gasteiger partial charge in [0, 0.05) is 32.1 Å². The molecule has 0 spiro atoms.